The summed E-state index contributed by atoms with van der Waals surface area (Å²) in [4.78, 5) is 10.4. The van der Waals surface area contributed by atoms with Gasteiger partial charge in [-0.05, 0) is 17.4 Å². The first-order valence-electron chi connectivity index (χ1n) is 3.59. The minimum atomic E-state index is 0.0192. The van der Waals surface area contributed by atoms with Gasteiger partial charge in [-0.15, -0.1) is 5.10 Å². The van der Waals surface area contributed by atoms with E-state index in [2.05, 4.69) is 20.6 Å². The standard InChI is InChI=1S/C6H10N4O2/c1-5(11)4-12-3-2-6-7-9-10-8-6/h2-4H2,1H3,(H,7,8,9,10). The summed E-state index contributed by atoms with van der Waals surface area (Å²) in [5, 5.41) is 13.0. The molecule has 12 heavy (non-hydrogen) atoms. The molecular weight excluding hydrogens is 160 g/mol. The summed E-state index contributed by atoms with van der Waals surface area (Å²) < 4.78 is 5.00. The number of rotatable bonds is 5. The monoisotopic (exact) mass is 170 g/mol. The number of carbonyl (C=O) groups is 1. The summed E-state index contributed by atoms with van der Waals surface area (Å²) in [5.74, 6) is 0.684. The maximum Gasteiger partial charge on any atom is 0.155 e. The van der Waals surface area contributed by atoms with E-state index < -0.39 is 0 Å². The lowest BCUT2D eigenvalue weighted by Gasteiger charge is -1.97. The van der Waals surface area contributed by atoms with Gasteiger partial charge in [-0.25, -0.2) is 5.10 Å². The number of tetrazole rings is 1. The van der Waals surface area contributed by atoms with Crippen LogP contribution in [0.15, 0.2) is 0 Å². The summed E-state index contributed by atoms with van der Waals surface area (Å²) in [5.41, 5.74) is 0. The molecule has 0 fully saturated rings. The summed E-state index contributed by atoms with van der Waals surface area (Å²) >= 11 is 0. The molecule has 0 saturated carbocycles. The highest BCUT2D eigenvalue weighted by Crippen LogP contribution is 1.86. The van der Waals surface area contributed by atoms with E-state index >= 15 is 0 Å². The Morgan fingerprint density at radius 2 is 2.50 bits per heavy atom. The molecule has 1 N–H and O–H groups in total. The zero-order valence-electron chi connectivity index (χ0n) is 6.78. The van der Waals surface area contributed by atoms with Gasteiger partial charge in [-0.3, -0.25) is 4.79 Å². The molecule has 1 heterocycles. The lowest BCUT2D eigenvalue weighted by Crippen LogP contribution is -2.07. The Balaban J connectivity index is 2.07. The van der Waals surface area contributed by atoms with E-state index in [4.69, 9.17) is 4.74 Å². The van der Waals surface area contributed by atoms with Crippen molar-refractivity contribution in [1.82, 2.24) is 20.6 Å². The number of nitrogens with zero attached hydrogens (tertiary/aromatic N) is 3. The normalized spacial score (nSPS) is 10.1. The van der Waals surface area contributed by atoms with Crippen molar-refractivity contribution in [3.05, 3.63) is 5.82 Å². The first kappa shape index (κ1) is 8.79. The van der Waals surface area contributed by atoms with Crippen LogP contribution in [0.1, 0.15) is 12.7 Å². The number of aromatic nitrogens is 4. The van der Waals surface area contributed by atoms with Crippen LogP contribution in [0.2, 0.25) is 0 Å². The molecule has 0 amide bonds. The third kappa shape index (κ3) is 3.20. The van der Waals surface area contributed by atoms with Crippen molar-refractivity contribution >= 4 is 5.78 Å². The molecular formula is C6H10N4O2. The molecule has 6 heteroatoms. The number of Topliss-reactive ketones (excluding diaryl/α,β-unsaturated/α-hetero) is 1. The number of ketones is 1. The van der Waals surface area contributed by atoms with E-state index in [1.54, 1.807) is 0 Å². The predicted octanol–water partition coefficient (Wildman–Crippen LogP) is -0.652. The smallest absolute Gasteiger partial charge is 0.155 e. The van der Waals surface area contributed by atoms with Gasteiger partial charge in [0.05, 0.1) is 6.61 Å². The third-order valence-electron chi connectivity index (χ3n) is 1.18. The Morgan fingerprint density at radius 3 is 3.08 bits per heavy atom. The van der Waals surface area contributed by atoms with E-state index in [9.17, 15) is 4.79 Å². The van der Waals surface area contributed by atoms with Crippen LogP contribution < -0.4 is 0 Å². The van der Waals surface area contributed by atoms with E-state index in [1.807, 2.05) is 0 Å². The van der Waals surface area contributed by atoms with Gasteiger partial charge >= 0.3 is 0 Å². The quantitative estimate of drug-likeness (QED) is 0.594. The Hall–Kier alpha value is -1.30. The number of aromatic amines is 1. The third-order valence-corrected chi connectivity index (χ3v) is 1.18. The molecule has 0 unspecified atom stereocenters. The van der Waals surface area contributed by atoms with Crippen LogP contribution in [0.3, 0.4) is 0 Å². The number of hydrogen-bond acceptors (Lipinski definition) is 5. The fraction of sp³-hybridized carbons (Fsp3) is 0.667. The largest absolute Gasteiger partial charge is 0.373 e. The Labute approximate surface area is 69.3 Å². The van der Waals surface area contributed by atoms with Crippen LogP contribution in [0.4, 0.5) is 0 Å². The highest BCUT2D eigenvalue weighted by atomic mass is 16.5. The molecule has 0 aromatic carbocycles. The van der Waals surface area contributed by atoms with Gasteiger partial charge in [0.2, 0.25) is 0 Å². The molecule has 6 nitrogen and oxygen atoms in total. The molecule has 0 spiro atoms. The van der Waals surface area contributed by atoms with Crippen molar-refractivity contribution < 1.29 is 9.53 Å². The highest BCUT2D eigenvalue weighted by molar-refractivity contribution is 5.76. The lowest BCUT2D eigenvalue weighted by molar-refractivity contribution is -0.121. The molecule has 0 radical (unpaired) electrons. The first-order valence-corrected chi connectivity index (χ1v) is 3.59. The van der Waals surface area contributed by atoms with Crippen molar-refractivity contribution in [3.8, 4) is 0 Å². The number of nitrogens with one attached hydrogen (secondary N) is 1. The van der Waals surface area contributed by atoms with Gasteiger partial charge < -0.3 is 4.74 Å². The molecule has 0 bridgehead atoms. The topological polar surface area (TPSA) is 80.8 Å². The first-order chi connectivity index (χ1) is 5.79. The Bertz CT molecular complexity index is 234. The maximum atomic E-state index is 10.4. The van der Waals surface area contributed by atoms with E-state index in [0.29, 0.717) is 18.9 Å². The second-order valence-electron chi connectivity index (χ2n) is 2.35. The molecule has 0 saturated heterocycles. The van der Waals surface area contributed by atoms with Gasteiger partial charge in [0.15, 0.2) is 11.6 Å². The maximum absolute atomic E-state index is 10.4. The van der Waals surface area contributed by atoms with Crippen LogP contribution >= 0.6 is 0 Å². The van der Waals surface area contributed by atoms with Crippen molar-refractivity contribution in [2.45, 2.75) is 13.3 Å². The molecule has 0 aliphatic carbocycles. The van der Waals surface area contributed by atoms with Gasteiger partial charge in [-0.2, -0.15) is 0 Å². The second-order valence-corrected chi connectivity index (χ2v) is 2.35. The summed E-state index contributed by atoms with van der Waals surface area (Å²) in [6, 6.07) is 0. The summed E-state index contributed by atoms with van der Waals surface area (Å²) in [6.07, 6.45) is 0.597. The van der Waals surface area contributed by atoms with Gasteiger partial charge in [0.1, 0.15) is 6.61 Å². The lowest BCUT2D eigenvalue weighted by atomic mass is 10.4. The summed E-state index contributed by atoms with van der Waals surface area (Å²) in [6.45, 7) is 2.09. The highest BCUT2D eigenvalue weighted by Gasteiger charge is 1.97. The van der Waals surface area contributed by atoms with Crippen molar-refractivity contribution in [3.63, 3.8) is 0 Å². The van der Waals surface area contributed by atoms with Gasteiger partial charge in [0.25, 0.3) is 0 Å². The summed E-state index contributed by atoms with van der Waals surface area (Å²) in [7, 11) is 0. The Morgan fingerprint density at radius 1 is 1.67 bits per heavy atom. The average molecular weight is 170 g/mol. The molecule has 66 valence electrons. The van der Waals surface area contributed by atoms with E-state index in [0.717, 1.165) is 0 Å². The van der Waals surface area contributed by atoms with Crippen LogP contribution in [0.5, 0.6) is 0 Å². The van der Waals surface area contributed by atoms with Crippen molar-refractivity contribution in [1.29, 1.82) is 0 Å². The number of H-pyrrole nitrogens is 1. The van der Waals surface area contributed by atoms with Crippen molar-refractivity contribution in [2.75, 3.05) is 13.2 Å². The van der Waals surface area contributed by atoms with Gasteiger partial charge in [-0.1, -0.05) is 0 Å². The fourth-order valence-electron chi connectivity index (χ4n) is 0.669. The molecule has 1 aromatic heterocycles. The average Bonchev–Trinajstić information content (AvgIpc) is 2.49. The van der Waals surface area contributed by atoms with Crippen LogP contribution in [-0.2, 0) is 16.0 Å². The van der Waals surface area contributed by atoms with Crippen LogP contribution in [-0.4, -0.2) is 39.6 Å². The van der Waals surface area contributed by atoms with Crippen LogP contribution in [0.25, 0.3) is 0 Å². The zero-order chi connectivity index (χ0) is 8.81. The molecule has 1 rings (SSSR count). The second kappa shape index (κ2) is 4.55. The minimum Gasteiger partial charge on any atom is -0.373 e. The van der Waals surface area contributed by atoms with Crippen LogP contribution in [0, 0.1) is 0 Å². The molecule has 0 aliphatic rings. The molecule has 1 aromatic rings. The van der Waals surface area contributed by atoms with E-state index in [1.165, 1.54) is 6.92 Å². The molecule has 0 atom stereocenters. The Kier molecular flexibility index (Phi) is 3.34. The van der Waals surface area contributed by atoms with Crippen molar-refractivity contribution in [2.24, 2.45) is 0 Å². The zero-order valence-corrected chi connectivity index (χ0v) is 6.78. The molecule has 0 aliphatic heterocycles. The van der Waals surface area contributed by atoms with Gasteiger partial charge in [0, 0.05) is 6.42 Å². The van der Waals surface area contributed by atoms with E-state index in [-0.39, 0.29) is 12.4 Å². The predicted molar refractivity (Wildman–Crippen MR) is 39.4 cm³/mol. The fourth-order valence-corrected chi connectivity index (χ4v) is 0.669. The number of hydrogen-bond donors (Lipinski definition) is 1. The minimum absolute atomic E-state index is 0.0192. The number of ether oxygens (including phenoxy) is 1. The SMILES string of the molecule is CC(=O)COCCc1nnn[nH]1. The number of carbonyl (C=O) groups excluding carboxylic acids is 1.